The molecule has 0 spiro atoms. The molecule has 0 radical (unpaired) electrons. The van der Waals surface area contributed by atoms with Crippen LogP contribution in [0.3, 0.4) is 0 Å². The van der Waals surface area contributed by atoms with Gasteiger partial charge >= 0.3 is 0 Å². The molecule has 0 saturated carbocycles. The first-order valence-electron chi connectivity index (χ1n) is 4.54. The predicted molar refractivity (Wildman–Crippen MR) is 72.3 cm³/mol. The highest BCUT2D eigenvalue weighted by Gasteiger charge is 2.17. The molecule has 0 aromatic heterocycles. The molecule has 1 aromatic rings. The van der Waals surface area contributed by atoms with E-state index < -0.39 is 0 Å². The summed E-state index contributed by atoms with van der Waals surface area (Å²) < 4.78 is 0. The van der Waals surface area contributed by atoms with Gasteiger partial charge in [0.15, 0.2) is 0 Å². The Balaban J connectivity index is 3.26. The molecule has 0 aliphatic carbocycles. The van der Waals surface area contributed by atoms with Crippen LogP contribution in [0.1, 0.15) is 25.3 Å². The zero-order valence-corrected chi connectivity index (χ0v) is 12.0. The van der Waals surface area contributed by atoms with Crippen LogP contribution >= 0.6 is 59.0 Å². The molecule has 0 heterocycles. The molecule has 1 aromatic carbocycles. The van der Waals surface area contributed by atoms with Crippen molar-refractivity contribution in [2.45, 2.75) is 31.1 Å². The monoisotopic (exact) mass is 302 g/mol. The minimum absolute atomic E-state index is 0.375. The molecule has 5 heteroatoms. The summed E-state index contributed by atoms with van der Waals surface area (Å²) in [5, 5.41) is 1.68. The first kappa shape index (κ1) is 13.8. The fourth-order valence-corrected chi connectivity index (χ4v) is 2.67. The smallest absolute Gasteiger partial charge is 0.0744 e. The number of benzene rings is 1. The standard InChI is InChI=1S/C10H10Cl4S/c1-2-3-4-5-6(11)8(13)10(15)9(14)7(5)12/h15H,2-4H2,1H3. The van der Waals surface area contributed by atoms with Gasteiger partial charge in [0.1, 0.15) is 0 Å². The molecule has 0 N–H and O–H groups in total. The van der Waals surface area contributed by atoms with Gasteiger partial charge in [0.25, 0.3) is 0 Å². The number of unbranched alkanes of at least 4 members (excludes halogenated alkanes) is 1. The van der Waals surface area contributed by atoms with Crippen LogP contribution in [0.2, 0.25) is 20.1 Å². The first-order chi connectivity index (χ1) is 7.00. The van der Waals surface area contributed by atoms with Crippen LogP contribution in [-0.2, 0) is 6.42 Å². The van der Waals surface area contributed by atoms with Crippen LogP contribution in [-0.4, -0.2) is 0 Å². The molecule has 84 valence electrons. The Morgan fingerprint density at radius 3 is 1.80 bits per heavy atom. The van der Waals surface area contributed by atoms with Crippen LogP contribution < -0.4 is 0 Å². The molecule has 15 heavy (non-hydrogen) atoms. The van der Waals surface area contributed by atoms with Gasteiger partial charge in [0.2, 0.25) is 0 Å². The lowest BCUT2D eigenvalue weighted by atomic mass is 10.1. The topological polar surface area (TPSA) is 0 Å². The predicted octanol–water partition coefficient (Wildman–Crippen LogP) is 5.93. The van der Waals surface area contributed by atoms with Crippen LogP contribution in [0.4, 0.5) is 0 Å². The van der Waals surface area contributed by atoms with Gasteiger partial charge < -0.3 is 0 Å². The summed E-state index contributed by atoms with van der Waals surface area (Å²) in [7, 11) is 0. The highest BCUT2D eigenvalue weighted by atomic mass is 35.5. The Morgan fingerprint density at radius 1 is 0.933 bits per heavy atom. The minimum atomic E-state index is 0.375. The second kappa shape index (κ2) is 5.88. The van der Waals surface area contributed by atoms with Crippen LogP contribution in [0.25, 0.3) is 0 Å². The second-order valence-corrected chi connectivity index (χ2v) is 5.15. The summed E-state index contributed by atoms with van der Waals surface area (Å²) in [5.74, 6) is 0. The highest BCUT2D eigenvalue weighted by Crippen LogP contribution is 2.43. The normalized spacial score (nSPS) is 10.8. The molecule has 0 atom stereocenters. The largest absolute Gasteiger partial charge is 0.140 e. The molecule has 0 nitrogen and oxygen atoms in total. The van der Waals surface area contributed by atoms with E-state index in [1.165, 1.54) is 0 Å². The molecular formula is C10H10Cl4S. The lowest BCUT2D eigenvalue weighted by Crippen LogP contribution is -1.92. The molecule has 0 saturated heterocycles. The average molecular weight is 304 g/mol. The maximum atomic E-state index is 6.09. The third-order valence-electron chi connectivity index (χ3n) is 2.11. The van der Waals surface area contributed by atoms with Crippen molar-refractivity contribution in [1.82, 2.24) is 0 Å². The van der Waals surface area contributed by atoms with E-state index in [9.17, 15) is 0 Å². The van der Waals surface area contributed by atoms with E-state index in [0.717, 1.165) is 24.8 Å². The maximum absolute atomic E-state index is 6.09. The molecule has 0 aliphatic rings. The summed E-state index contributed by atoms with van der Waals surface area (Å²) in [5.41, 5.74) is 0.813. The Hall–Kier alpha value is 0.730. The van der Waals surface area contributed by atoms with E-state index >= 15 is 0 Å². The molecular weight excluding hydrogens is 294 g/mol. The lowest BCUT2D eigenvalue weighted by molar-refractivity contribution is 0.795. The Labute approximate surface area is 115 Å². The van der Waals surface area contributed by atoms with Crippen molar-refractivity contribution in [3.63, 3.8) is 0 Å². The Kier molecular flexibility index (Phi) is 5.41. The van der Waals surface area contributed by atoms with Crippen molar-refractivity contribution >= 4 is 59.0 Å². The van der Waals surface area contributed by atoms with Crippen LogP contribution in [0.5, 0.6) is 0 Å². The Morgan fingerprint density at radius 2 is 1.40 bits per heavy atom. The van der Waals surface area contributed by atoms with Gasteiger partial charge in [0, 0.05) is 4.90 Å². The number of rotatable bonds is 3. The number of halogens is 4. The van der Waals surface area contributed by atoms with Gasteiger partial charge in [-0.2, -0.15) is 0 Å². The van der Waals surface area contributed by atoms with Gasteiger partial charge in [-0.05, 0) is 18.4 Å². The van der Waals surface area contributed by atoms with Crippen molar-refractivity contribution in [3.05, 3.63) is 25.7 Å². The van der Waals surface area contributed by atoms with E-state index in [-0.39, 0.29) is 0 Å². The third-order valence-corrected chi connectivity index (χ3v) is 4.61. The fourth-order valence-electron chi connectivity index (χ4n) is 1.24. The number of hydrogen-bond acceptors (Lipinski definition) is 1. The summed E-state index contributed by atoms with van der Waals surface area (Å²) in [6, 6.07) is 0. The number of thiol groups is 1. The lowest BCUT2D eigenvalue weighted by Gasteiger charge is -2.12. The average Bonchev–Trinajstić information content (AvgIpc) is 2.24. The van der Waals surface area contributed by atoms with Gasteiger partial charge in [-0.25, -0.2) is 0 Å². The van der Waals surface area contributed by atoms with E-state index in [1.54, 1.807) is 0 Å². The van der Waals surface area contributed by atoms with Gasteiger partial charge in [-0.15, -0.1) is 12.6 Å². The van der Waals surface area contributed by atoms with Crippen LogP contribution in [0.15, 0.2) is 4.90 Å². The van der Waals surface area contributed by atoms with E-state index in [0.29, 0.717) is 25.0 Å². The SMILES string of the molecule is CCCCc1c(Cl)c(Cl)c(S)c(Cl)c1Cl. The van der Waals surface area contributed by atoms with Crippen molar-refractivity contribution in [1.29, 1.82) is 0 Å². The summed E-state index contributed by atoms with van der Waals surface area (Å²) in [4.78, 5) is 0.439. The van der Waals surface area contributed by atoms with E-state index in [1.807, 2.05) is 0 Å². The molecule has 0 aliphatic heterocycles. The van der Waals surface area contributed by atoms with Crippen molar-refractivity contribution in [3.8, 4) is 0 Å². The summed E-state index contributed by atoms with van der Waals surface area (Å²) in [6.07, 6.45) is 2.84. The maximum Gasteiger partial charge on any atom is 0.0744 e. The van der Waals surface area contributed by atoms with E-state index in [2.05, 4.69) is 19.6 Å². The highest BCUT2D eigenvalue weighted by molar-refractivity contribution is 7.80. The Bertz CT molecular complexity index is 347. The van der Waals surface area contributed by atoms with Crippen LogP contribution in [0, 0.1) is 0 Å². The third kappa shape index (κ3) is 2.89. The van der Waals surface area contributed by atoms with Gasteiger partial charge in [-0.1, -0.05) is 59.7 Å². The molecule has 1 rings (SSSR count). The minimum Gasteiger partial charge on any atom is -0.140 e. The van der Waals surface area contributed by atoms with Gasteiger partial charge in [0.05, 0.1) is 20.1 Å². The fraction of sp³-hybridized carbons (Fsp3) is 0.400. The molecule has 0 fully saturated rings. The first-order valence-corrected chi connectivity index (χ1v) is 6.50. The molecule has 0 amide bonds. The van der Waals surface area contributed by atoms with E-state index in [4.69, 9.17) is 46.4 Å². The van der Waals surface area contributed by atoms with Gasteiger partial charge in [-0.3, -0.25) is 0 Å². The summed E-state index contributed by atoms with van der Waals surface area (Å²) in [6.45, 7) is 2.10. The molecule has 0 bridgehead atoms. The zero-order valence-electron chi connectivity index (χ0n) is 8.08. The van der Waals surface area contributed by atoms with Crippen molar-refractivity contribution in [2.24, 2.45) is 0 Å². The summed E-state index contributed by atoms with van der Waals surface area (Å²) >= 11 is 28.3. The second-order valence-electron chi connectivity index (χ2n) is 3.19. The molecule has 0 unspecified atom stereocenters. The quantitative estimate of drug-likeness (QED) is 0.519. The van der Waals surface area contributed by atoms with Crippen molar-refractivity contribution in [2.75, 3.05) is 0 Å². The van der Waals surface area contributed by atoms with Crippen molar-refractivity contribution < 1.29 is 0 Å². The number of hydrogen-bond donors (Lipinski definition) is 1. The zero-order chi connectivity index (χ0) is 11.6.